The number of aromatic amines is 1. The second kappa shape index (κ2) is 4.71. The van der Waals surface area contributed by atoms with Crippen LogP contribution >= 0.6 is 0 Å². The van der Waals surface area contributed by atoms with E-state index in [0.29, 0.717) is 23.0 Å². The zero-order valence-corrected chi connectivity index (χ0v) is 11.7. The van der Waals surface area contributed by atoms with Crippen LogP contribution in [0.15, 0.2) is 0 Å². The predicted molar refractivity (Wildman–Crippen MR) is 69.2 cm³/mol. The van der Waals surface area contributed by atoms with E-state index < -0.39 is 0 Å². The molecule has 0 aromatic carbocycles. The maximum Gasteiger partial charge on any atom is 0.293 e. The molecule has 5 nitrogen and oxygen atoms in total. The highest BCUT2D eigenvalue weighted by molar-refractivity contribution is 5.90. The van der Waals surface area contributed by atoms with Gasteiger partial charge in [-0.1, -0.05) is 20.8 Å². The minimum Gasteiger partial charge on any atom is -0.336 e. The van der Waals surface area contributed by atoms with Crippen molar-refractivity contribution >= 4 is 5.91 Å². The fourth-order valence-electron chi connectivity index (χ4n) is 2.53. The van der Waals surface area contributed by atoms with Crippen molar-refractivity contribution in [2.24, 2.45) is 11.3 Å². The highest BCUT2D eigenvalue weighted by Crippen LogP contribution is 2.34. The summed E-state index contributed by atoms with van der Waals surface area (Å²) < 4.78 is 0. The van der Waals surface area contributed by atoms with Gasteiger partial charge in [0.05, 0.1) is 0 Å². The first-order chi connectivity index (χ1) is 8.38. The SMILES string of the molecule is Cc1nc(C(=O)N2CCC(C(C)(C)C)CC2)n[nH]1. The summed E-state index contributed by atoms with van der Waals surface area (Å²) in [6.07, 6.45) is 2.14. The standard InChI is InChI=1S/C13H22N4O/c1-9-14-11(16-15-9)12(18)17-7-5-10(6-8-17)13(2,3)4/h10H,5-8H2,1-4H3,(H,14,15,16). The molecule has 0 unspecified atom stereocenters. The van der Waals surface area contributed by atoms with Gasteiger partial charge in [0.15, 0.2) is 0 Å². The Balaban J connectivity index is 1.96. The van der Waals surface area contributed by atoms with E-state index in [9.17, 15) is 4.79 Å². The van der Waals surface area contributed by atoms with Gasteiger partial charge in [0.1, 0.15) is 5.82 Å². The molecule has 0 radical (unpaired) electrons. The number of nitrogens with zero attached hydrogens (tertiary/aromatic N) is 3. The minimum absolute atomic E-state index is 0.0493. The molecule has 1 aromatic rings. The van der Waals surface area contributed by atoms with Crippen molar-refractivity contribution in [2.45, 2.75) is 40.5 Å². The molecule has 1 N–H and O–H groups in total. The summed E-state index contributed by atoms with van der Waals surface area (Å²) in [4.78, 5) is 18.1. The normalized spacial score (nSPS) is 18.1. The van der Waals surface area contributed by atoms with Crippen LogP contribution in [-0.2, 0) is 0 Å². The molecule has 18 heavy (non-hydrogen) atoms. The van der Waals surface area contributed by atoms with Crippen molar-refractivity contribution in [3.63, 3.8) is 0 Å². The molecule has 1 fully saturated rings. The van der Waals surface area contributed by atoms with Crippen LogP contribution in [0.3, 0.4) is 0 Å². The van der Waals surface area contributed by atoms with Crippen molar-refractivity contribution in [1.82, 2.24) is 20.1 Å². The highest BCUT2D eigenvalue weighted by Gasteiger charge is 2.31. The van der Waals surface area contributed by atoms with Crippen molar-refractivity contribution < 1.29 is 4.79 Å². The molecule has 1 aromatic heterocycles. The van der Waals surface area contributed by atoms with Gasteiger partial charge in [0.2, 0.25) is 5.82 Å². The lowest BCUT2D eigenvalue weighted by Gasteiger charge is -2.38. The van der Waals surface area contributed by atoms with Crippen LogP contribution in [-0.4, -0.2) is 39.1 Å². The molecule has 0 aliphatic carbocycles. The fraction of sp³-hybridized carbons (Fsp3) is 0.769. The number of hydrogen-bond acceptors (Lipinski definition) is 3. The Kier molecular flexibility index (Phi) is 3.41. The number of aryl methyl sites for hydroxylation is 1. The number of H-pyrrole nitrogens is 1. The number of hydrogen-bond donors (Lipinski definition) is 1. The Hall–Kier alpha value is -1.39. The smallest absolute Gasteiger partial charge is 0.293 e. The third kappa shape index (κ3) is 2.71. The van der Waals surface area contributed by atoms with Crippen LogP contribution in [0, 0.1) is 18.3 Å². The van der Waals surface area contributed by atoms with Gasteiger partial charge in [-0.15, -0.1) is 5.10 Å². The van der Waals surface area contributed by atoms with Gasteiger partial charge in [-0.2, -0.15) is 0 Å². The van der Waals surface area contributed by atoms with E-state index in [4.69, 9.17) is 0 Å². The van der Waals surface area contributed by atoms with Crippen LogP contribution in [0.4, 0.5) is 0 Å². The average Bonchev–Trinajstić information content (AvgIpc) is 2.74. The van der Waals surface area contributed by atoms with Crippen LogP contribution in [0.1, 0.15) is 50.1 Å². The van der Waals surface area contributed by atoms with Crippen molar-refractivity contribution in [3.05, 3.63) is 11.6 Å². The van der Waals surface area contributed by atoms with E-state index in [0.717, 1.165) is 25.9 Å². The Morgan fingerprint density at radius 3 is 2.39 bits per heavy atom. The zero-order valence-electron chi connectivity index (χ0n) is 11.7. The van der Waals surface area contributed by atoms with Crippen LogP contribution in [0.5, 0.6) is 0 Å². The monoisotopic (exact) mass is 250 g/mol. The summed E-state index contributed by atoms with van der Waals surface area (Å²) in [7, 11) is 0. The molecule has 5 heteroatoms. The topological polar surface area (TPSA) is 61.9 Å². The average molecular weight is 250 g/mol. The Labute approximate surface area is 108 Å². The second-order valence-corrected chi connectivity index (χ2v) is 6.18. The molecule has 1 aliphatic heterocycles. The molecule has 100 valence electrons. The summed E-state index contributed by atoms with van der Waals surface area (Å²) in [6.45, 7) is 10.2. The second-order valence-electron chi connectivity index (χ2n) is 6.18. The molecule has 1 amide bonds. The Morgan fingerprint density at radius 2 is 1.94 bits per heavy atom. The Morgan fingerprint density at radius 1 is 1.33 bits per heavy atom. The maximum absolute atomic E-state index is 12.2. The highest BCUT2D eigenvalue weighted by atomic mass is 16.2. The minimum atomic E-state index is -0.0493. The molecule has 0 spiro atoms. The van der Waals surface area contributed by atoms with Gasteiger partial charge in [-0.3, -0.25) is 9.89 Å². The van der Waals surface area contributed by atoms with Crippen LogP contribution in [0.2, 0.25) is 0 Å². The number of piperidine rings is 1. The third-order valence-corrected chi connectivity index (χ3v) is 3.80. The zero-order chi connectivity index (χ0) is 13.3. The summed E-state index contributed by atoms with van der Waals surface area (Å²) >= 11 is 0. The first kappa shape index (κ1) is 13.1. The number of amides is 1. The van der Waals surface area contributed by atoms with Crippen molar-refractivity contribution in [2.75, 3.05) is 13.1 Å². The van der Waals surface area contributed by atoms with Crippen LogP contribution < -0.4 is 0 Å². The predicted octanol–water partition coefficient (Wildman–Crippen LogP) is 2.01. The lowest BCUT2D eigenvalue weighted by atomic mass is 9.75. The first-order valence-electron chi connectivity index (χ1n) is 6.56. The van der Waals surface area contributed by atoms with Gasteiger partial charge in [0, 0.05) is 13.1 Å². The van der Waals surface area contributed by atoms with Gasteiger partial charge >= 0.3 is 0 Å². The number of nitrogens with one attached hydrogen (secondary N) is 1. The lowest BCUT2D eigenvalue weighted by molar-refractivity contribution is 0.0597. The van der Waals surface area contributed by atoms with E-state index in [-0.39, 0.29) is 5.91 Å². The summed E-state index contributed by atoms with van der Waals surface area (Å²) in [5.74, 6) is 1.62. The maximum atomic E-state index is 12.2. The molecular formula is C13H22N4O. The summed E-state index contributed by atoms with van der Waals surface area (Å²) in [6, 6.07) is 0. The number of aromatic nitrogens is 3. The Bertz CT molecular complexity index is 424. The third-order valence-electron chi connectivity index (χ3n) is 3.80. The largest absolute Gasteiger partial charge is 0.336 e. The van der Waals surface area contributed by atoms with Gasteiger partial charge < -0.3 is 4.90 Å². The van der Waals surface area contributed by atoms with E-state index in [1.807, 2.05) is 4.90 Å². The summed E-state index contributed by atoms with van der Waals surface area (Å²) in [5, 5.41) is 6.64. The van der Waals surface area contributed by atoms with Gasteiger partial charge in [0.25, 0.3) is 5.91 Å². The fourth-order valence-corrected chi connectivity index (χ4v) is 2.53. The van der Waals surface area contributed by atoms with E-state index in [1.165, 1.54) is 0 Å². The number of carbonyl (C=O) groups excluding carboxylic acids is 1. The molecule has 1 saturated heterocycles. The number of rotatable bonds is 1. The number of likely N-dealkylation sites (tertiary alicyclic amines) is 1. The molecule has 0 saturated carbocycles. The van der Waals surface area contributed by atoms with E-state index >= 15 is 0 Å². The molecule has 2 heterocycles. The van der Waals surface area contributed by atoms with Crippen LogP contribution in [0.25, 0.3) is 0 Å². The van der Waals surface area contributed by atoms with E-state index in [1.54, 1.807) is 6.92 Å². The molecule has 0 atom stereocenters. The van der Waals surface area contributed by atoms with E-state index in [2.05, 4.69) is 36.0 Å². The van der Waals surface area contributed by atoms with Crippen molar-refractivity contribution in [1.29, 1.82) is 0 Å². The quantitative estimate of drug-likeness (QED) is 0.829. The lowest BCUT2D eigenvalue weighted by Crippen LogP contribution is -2.41. The molecule has 2 rings (SSSR count). The molecule has 1 aliphatic rings. The van der Waals surface area contributed by atoms with Gasteiger partial charge in [-0.05, 0) is 31.1 Å². The molecular weight excluding hydrogens is 228 g/mol. The first-order valence-corrected chi connectivity index (χ1v) is 6.56. The summed E-state index contributed by atoms with van der Waals surface area (Å²) in [5.41, 5.74) is 0.330. The van der Waals surface area contributed by atoms with Crippen molar-refractivity contribution in [3.8, 4) is 0 Å². The molecule has 0 bridgehead atoms. The number of carbonyl (C=O) groups is 1. The van der Waals surface area contributed by atoms with Gasteiger partial charge in [-0.25, -0.2) is 4.98 Å².